The van der Waals surface area contributed by atoms with Gasteiger partial charge in [-0.1, -0.05) is 37.6 Å². The molecule has 2 aliphatic heterocycles. The van der Waals surface area contributed by atoms with Crippen LogP contribution in [0.15, 0.2) is 24.3 Å². The molecule has 0 amide bonds. The van der Waals surface area contributed by atoms with Gasteiger partial charge in [-0.2, -0.15) is 0 Å². The third-order valence-corrected chi connectivity index (χ3v) is 4.42. The Labute approximate surface area is 109 Å². The molecule has 4 unspecified atom stereocenters. The summed E-state index contributed by atoms with van der Waals surface area (Å²) >= 11 is 0. The van der Waals surface area contributed by atoms with Crippen LogP contribution in [-0.4, -0.2) is 17.3 Å². The van der Waals surface area contributed by atoms with Gasteiger partial charge in [0.15, 0.2) is 0 Å². The van der Waals surface area contributed by atoms with Crippen LogP contribution in [0.1, 0.15) is 49.8 Å². The first kappa shape index (κ1) is 12.2. The van der Waals surface area contributed by atoms with E-state index in [4.69, 9.17) is 4.74 Å². The van der Waals surface area contributed by atoms with Gasteiger partial charge in [0.1, 0.15) is 0 Å². The van der Waals surface area contributed by atoms with Gasteiger partial charge < -0.3 is 9.84 Å². The summed E-state index contributed by atoms with van der Waals surface area (Å²) < 4.78 is 5.83. The number of hydrogen-bond donors (Lipinski definition) is 1. The van der Waals surface area contributed by atoms with Crippen molar-refractivity contribution in [1.82, 2.24) is 0 Å². The molecule has 0 spiro atoms. The molecule has 4 atom stereocenters. The van der Waals surface area contributed by atoms with Gasteiger partial charge in [-0.05, 0) is 36.8 Å². The zero-order valence-electron chi connectivity index (χ0n) is 11.0. The second-order valence-corrected chi connectivity index (χ2v) is 5.71. The van der Waals surface area contributed by atoms with Gasteiger partial charge in [0.2, 0.25) is 0 Å². The summed E-state index contributed by atoms with van der Waals surface area (Å²) in [7, 11) is 0. The van der Waals surface area contributed by atoms with Crippen molar-refractivity contribution in [3.8, 4) is 0 Å². The van der Waals surface area contributed by atoms with Gasteiger partial charge >= 0.3 is 0 Å². The number of benzene rings is 1. The summed E-state index contributed by atoms with van der Waals surface area (Å²) in [5, 5.41) is 10.5. The molecule has 3 rings (SSSR count). The van der Waals surface area contributed by atoms with Gasteiger partial charge in [0.05, 0.1) is 18.3 Å². The quantitative estimate of drug-likeness (QED) is 0.883. The van der Waals surface area contributed by atoms with E-state index in [-0.39, 0.29) is 6.10 Å². The van der Waals surface area contributed by atoms with Crippen LogP contribution in [0.4, 0.5) is 0 Å². The van der Waals surface area contributed by atoms with Crippen molar-refractivity contribution < 1.29 is 9.84 Å². The summed E-state index contributed by atoms with van der Waals surface area (Å²) in [4.78, 5) is 0. The summed E-state index contributed by atoms with van der Waals surface area (Å²) in [5.41, 5.74) is 2.41. The van der Waals surface area contributed by atoms with Crippen LogP contribution < -0.4 is 0 Å². The Morgan fingerprint density at radius 2 is 2.06 bits per heavy atom. The second-order valence-electron chi connectivity index (χ2n) is 5.71. The Hall–Kier alpha value is -0.860. The normalized spacial score (nSPS) is 31.8. The predicted molar refractivity (Wildman–Crippen MR) is 71.4 cm³/mol. The molecule has 2 nitrogen and oxygen atoms in total. The number of aliphatic hydroxyl groups is 1. The number of hydrogen-bond acceptors (Lipinski definition) is 2. The van der Waals surface area contributed by atoms with Gasteiger partial charge in [-0.15, -0.1) is 0 Å². The molecular weight excluding hydrogens is 224 g/mol. The molecule has 1 N–H and O–H groups in total. The van der Waals surface area contributed by atoms with E-state index in [0.29, 0.717) is 18.1 Å². The van der Waals surface area contributed by atoms with Crippen molar-refractivity contribution in [2.45, 2.75) is 57.3 Å². The maximum atomic E-state index is 10.5. The van der Waals surface area contributed by atoms with Crippen molar-refractivity contribution in [2.24, 2.45) is 5.92 Å². The second kappa shape index (κ2) is 5.02. The lowest BCUT2D eigenvalue weighted by molar-refractivity contribution is 0.0422. The molecule has 18 heavy (non-hydrogen) atoms. The molecule has 1 aromatic rings. The van der Waals surface area contributed by atoms with Gasteiger partial charge in [0.25, 0.3) is 0 Å². The first-order valence-corrected chi connectivity index (χ1v) is 7.20. The SMILES string of the molecule is CCCc1ccc(C(O)C2CC3CCC2O3)cc1. The Bertz CT molecular complexity index is 398. The number of fused-ring (bicyclic) bond motifs is 2. The van der Waals surface area contributed by atoms with Crippen LogP contribution >= 0.6 is 0 Å². The zero-order valence-corrected chi connectivity index (χ0v) is 11.0. The summed E-state index contributed by atoms with van der Waals surface area (Å²) in [6.45, 7) is 2.19. The van der Waals surface area contributed by atoms with Crippen LogP contribution in [0, 0.1) is 5.92 Å². The Morgan fingerprint density at radius 3 is 2.61 bits per heavy atom. The molecular formula is C16H22O2. The average Bonchev–Trinajstić information content (AvgIpc) is 3.01. The number of aliphatic hydroxyl groups excluding tert-OH is 1. The highest BCUT2D eigenvalue weighted by atomic mass is 16.5. The van der Waals surface area contributed by atoms with Crippen molar-refractivity contribution in [3.63, 3.8) is 0 Å². The first-order valence-electron chi connectivity index (χ1n) is 7.20. The molecule has 2 aliphatic rings. The fourth-order valence-corrected chi connectivity index (χ4v) is 3.43. The van der Waals surface area contributed by atoms with Gasteiger partial charge in [-0.3, -0.25) is 0 Å². The minimum absolute atomic E-state index is 0.292. The first-order chi connectivity index (χ1) is 8.78. The highest BCUT2D eigenvalue weighted by molar-refractivity contribution is 5.25. The van der Waals surface area contributed by atoms with Crippen molar-refractivity contribution in [3.05, 3.63) is 35.4 Å². The van der Waals surface area contributed by atoms with E-state index >= 15 is 0 Å². The minimum Gasteiger partial charge on any atom is -0.388 e. The lowest BCUT2D eigenvalue weighted by Gasteiger charge is -2.24. The van der Waals surface area contributed by atoms with Gasteiger partial charge in [0, 0.05) is 5.92 Å². The zero-order chi connectivity index (χ0) is 12.5. The Balaban J connectivity index is 1.70. The maximum Gasteiger partial charge on any atom is 0.0843 e. The molecule has 2 fully saturated rings. The van der Waals surface area contributed by atoms with Crippen LogP contribution in [0.5, 0.6) is 0 Å². The number of ether oxygens (including phenoxy) is 1. The van der Waals surface area contributed by atoms with E-state index in [1.807, 2.05) is 0 Å². The molecule has 0 saturated carbocycles. The minimum atomic E-state index is -0.351. The molecule has 98 valence electrons. The topological polar surface area (TPSA) is 29.5 Å². The smallest absolute Gasteiger partial charge is 0.0843 e. The van der Waals surface area contributed by atoms with Crippen molar-refractivity contribution in [1.29, 1.82) is 0 Å². The van der Waals surface area contributed by atoms with E-state index in [0.717, 1.165) is 24.8 Å². The van der Waals surface area contributed by atoms with Crippen LogP contribution in [0.25, 0.3) is 0 Å². The van der Waals surface area contributed by atoms with Crippen LogP contribution in [0.3, 0.4) is 0 Å². The molecule has 0 radical (unpaired) electrons. The fraction of sp³-hybridized carbons (Fsp3) is 0.625. The molecule has 2 saturated heterocycles. The molecule has 1 aromatic carbocycles. The van der Waals surface area contributed by atoms with Crippen LogP contribution in [-0.2, 0) is 11.2 Å². The monoisotopic (exact) mass is 246 g/mol. The summed E-state index contributed by atoms with van der Waals surface area (Å²) in [5.74, 6) is 0.306. The highest BCUT2D eigenvalue weighted by Crippen LogP contribution is 2.44. The third kappa shape index (κ3) is 2.19. The summed E-state index contributed by atoms with van der Waals surface area (Å²) in [6.07, 6.45) is 5.98. The third-order valence-electron chi connectivity index (χ3n) is 4.42. The molecule has 2 heterocycles. The highest BCUT2D eigenvalue weighted by Gasteiger charge is 2.44. The van der Waals surface area contributed by atoms with E-state index < -0.39 is 0 Å². The molecule has 0 aliphatic carbocycles. The number of aryl methyl sites for hydroxylation is 1. The summed E-state index contributed by atoms with van der Waals surface area (Å²) in [6, 6.07) is 8.47. The van der Waals surface area contributed by atoms with E-state index in [2.05, 4.69) is 31.2 Å². The lowest BCUT2D eigenvalue weighted by Crippen LogP contribution is -2.23. The molecule has 2 heteroatoms. The Kier molecular flexibility index (Phi) is 3.40. The Morgan fingerprint density at radius 1 is 1.28 bits per heavy atom. The lowest BCUT2D eigenvalue weighted by atomic mass is 9.82. The van der Waals surface area contributed by atoms with Crippen molar-refractivity contribution >= 4 is 0 Å². The van der Waals surface area contributed by atoms with E-state index in [9.17, 15) is 5.11 Å². The largest absolute Gasteiger partial charge is 0.388 e. The molecule has 0 aromatic heterocycles. The van der Waals surface area contributed by atoms with Crippen molar-refractivity contribution in [2.75, 3.05) is 0 Å². The van der Waals surface area contributed by atoms with Gasteiger partial charge in [-0.25, -0.2) is 0 Å². The van der Waals surface area contributed by atoms with E-state index in [1.54, 1.807) is 0 Å². The number of rotatable bonds is 4. The average molecular weight is 246 g/mol. The fourth-order valence-electron chi connectivity index (χ4n) is 3.43. The van der Waals surface area contributed by atoms with E-state index in [1.165, 1.54) is 18.4 Å². The predicted octanol–water partition coefficient (Wildman–Crippen LogP) is 3.24. The standard InChI is InChI=1S/C16H22O2/c1-2-3-11-4-6-12(7-5-11)16(17)14-10-13-8-9-15(14)18-13/h4-7,13-17H,2-3,8-10H2,1H3. The van der Waals surface area contributed by atoms with Crippen LogP contribution in [0.2, 0.25) is 0 Å². The molecule has 2 bridgehead atoms. The maximum absolute atomic E-state index is 10.5.